The van der Waals surface area contributed by atoms with Gasteiger partial charge in [-0.15, -0.1) is 11.3 Å². The van der Waals surface area contributed by atoms with Crippen LogP contribution in [0.5, 0.6) is 0 Å². The van der Waals surface area contributed by atoms with E-state index in [9.17, 15) is 0 Å². The first-order chi connectivity index (χ1) is 9.24. The van der Waals surface area contributed by atoms with Crippen LogP contribution in [0.15, 0.2) is 29.6 Å². The minimum atomic E-state index is 0.367. The molecule has 0 fully saturated rings. The maximum Gasteiger partial charge on any atom is 0.0947 e. The quantitative estimate of drug-likeness (QED) is 0.864. The fraction of sp³-hybridized carbons (Fsp3) is 0.438. The molecule has 2 aromatic rings. The van der Waals surface area contributed by atoms with E-state index in [4.69, 9.17) is 0 Å². The van der Waals surface area contributed by atoms with Gasteiger partial charge in [0.1, 0.15) is 0 Å². The van der Waals surface area contributed by atoms with Gasteiger partial charge in [0.05, 0.1) is 5.01 Å². The molecule has 1 N–H and O–H groups in total. The Labute approximate surface area is 119 Å². The first-order valence-corrected chi connectivity index (χ1v) is 7.84. The average Bonchev–Trinajstić information content (AvgIpc) is 2.84. The Bertz CT molecular complexity index is 519. The van der Waals surface area contributed by atoms with Crippen molar-refractivity contribution < 1.29 is 0 Å². The summed E-state index contributed by atoms with van der Waals surface area (Å²) >= 11 is 1.76. The van der Waals surface area contributed by atoms with Crippen LogP contribution in [0.2, 0.25) is 0 Å². The summed E-state index contributed by atoms with van der Waals surface area (Å²) in [6.07, 6.45) is 2.05. The zero-order valence-electron chi connectivity index (χ0n) is 11.9. The summed E-state index contributed by atoms with van der Waals surface area (Å²) in [5, 5.41) is 6.94. The SMILES string of the molecule is CCNC(Cc1nc(C)cs1)c1ccccc1CC. The number of rotatable bonds is 6. The van der Waals surface area contributed by atoms with Gasteiger partial charge in [-0.25, -0.2) is 4.98 Å². The van der Waals surface area contributed by atoms with Crippen LogP contribution in [0, 0.1) is 6.92 Å². The van der Waals surface area contributed by atoms with Gasteiger partial charge in [0.25, 0.3) is 0 Å². The highest BCUT2D eigenvalue weighted by Crippen LogP contribution is 2.24. The van der Waals surface area contributed by atoms with Crippen molar-refractivity contribution in [3.63, 3.8) is 0 Å². The first-order valence-electron chi connectivity index (χ1n) is 6.96. The van der Waals surface area contributed by atoms with Crippen molar-refractivity contribution in [2.45, 2.75) is 39.7 Å². The fourth-order valence-corrected chi connectivity index (χ4v) is 3.22. The highest BCUT2D eigenvalue weighted by atomic mass is 32.1. The maximum atomic E-state index is 4.59. The molecule has 1 aromatic carbocycles. The number of benzene rings is 1. The van der Waals surface area contributed by atoms with Crippen molar-refractivity contribution in [1.82, 2.24) is 10.3 Å². The van der Waals surface area contributed by atoms with E-state index in [1.54, 1.807) is 11.3 Å². The number of likely N-dealkylation sites (N-methyl/N-ethyl adjacent to an activating group) is 1. The van der Waals surface area contributed by atoms with E-state index >= 15 is 0 Å². The van der Waals surface area contributed by atoms with Crippen LogP contribution in [0.1, 0.15) is 41.7 Å². The summed E-state index contributed by atoms with van der Waals surface area (Å²) in [4.78, 5) is 4.59. The Balaban J connectivity index is 2.23. The lowest BCUT2D eigenvalue weighted by atomic mass is 9.96. The highest BCUT2D eigenvalue weighted by Gasteiger charge is 2.15. The third-order valence-corrected chi connectivity index (χ3v) is 4.30. The second-order valence-corrected chi connectivity index (χ2v) is 5.69. The molecular weight excluding hydrogens is 252 g/mol. The van der Waals surface area contributed by atoms with Crippen molar-refractivity contribution >= 4 is 11.3 Å². The van der Waals surface area contributed by atoms with Crippen LogP contribution in [-0.4, -0.2) is 11.5 Å². The fourth-order valence-electron chi connectivity index (χ4n) is 2.41. The Morgan fingerprint density at radius 3 is 2.68 bits per heavy atom. The molecule has 2 rings (SSSR count). The summed E-state index contributed by atoms with van der Waals surface area (Å²) < 4.78 is 0. The molecule has 0 radical (unpaired) electrons. The van der Waals surface area contributed by atoms with Crippen LogP contribution in [-0.2, 0) is 12.8 Å². The van der Waals surface area contributed by atoms with E-state index in [0.717, 1.165) is 25.1 Å². The zero-order valence-corrected chi connectivity index (χ0v) is 12.8. The Morgan fingerprint density at radius 1 is 1.26 bits per heavy atom. The Hall–Kier alpha value is -1.19. The average molecular weight is 274 g/mol. The molecule has 0 saturated carbocycles. The topological polar surface area (TPSA) is 24.9 Å². The molecule has 102 valence electrons. The molecule has 19 heavy (non-hydrogen) atoms. The standard InChI is InChI=1S/C16H22N2S/c1-4-13-8-6-7-9-14(13)15(17-5-2)10-16-18-12(3)11-19-16/h6-9,11,15,17H,4-5,10H2,1-3H3. The molecule has 0 aliphatic heterocycles. The van der Waals surface area contributed by atoms with Crippen LogP contribution >= 0.6 is 11.3 Å². The van der Waals surface area contributed by atoms with Gasteiger partial charge in [0, 0.05) is 23.5 Å². The number of hydrogen-bond donors (Lipinski definition) is 1. The molecular formula is C16H22N2S. The molecule has 3 heteroatoms. The van der Waals surface area contributed by atoms with Crippen LogP contribution < -0.4 is 5.32 Å². The molecule has 0 aliphatic carbocycles. The smallest absolute Gasteiger partial charge is 0.0947 e. The second-order valence-electron chi connectivity index (χ2n) is 4.75. The number of nitrogens with one attached hydrogen (secondary N) is 1. The van der Waals surface area contributed by atoms with E-state index in [2.05, 4.69) is 60.7 Å². The van der Waals surface area contributed by atoms with E-state index in [-0.39, 0.29) is 0 Å². The van der Waals surface area contributed by atoms with Gasteiger partial charge in [-0.3, -0.25) is 0 Å². The summed E-state index contributed by atoms with van der Waals surface area (Å²) in [6.45, 7) is 7.42. The highest BCUT2D eigenvalue weighted by molar-refractivity contribution is 7.09. The van der Waals surface area contributed by atoms with Crippen molar-refractivity contribution in [3.05, 3.63) is 51.5 Å². The van der Waals surface area contributed by atoms with Gasteiger partial charge in [-0.05, 0) is 31.0 Å². The monoisotopic (exact) mass is 274 g/mol. The predicted octanol–water partition coefficient (Wildman–Crippen LogP) is 3.91. The van der Waals surface area contributed by atoms with Crippen LogP contribution in [0.3, 0.4) is 0 Å². The molecule has 1 unspecified atom stereocenters. The van der Waals surface area contributed by atoms with Gasteiger partial charge in [-0.2, -0.15) is 0 Å². The molecule has 1 atom stereocenters. The molecule has 0 amide bonds. The van der Waals surface area contributed by atoms with Crippen LogP contribution in [0.4, 0.5) is 0 Å². The van der Waals surface area contributed by atoms with Crippen molar-refractivity contribution in [2.75, 3.05) is 6.54 Å². The predicted molar refractivity (Wildman–Crippen MR) is 82.8 cm³/mol. The van der Waals surface area contributed by atoms with Gasteiger partial charge in [0.2, 0.25) is 0 Å². The zero-order chi connectivity index (χ0) is 13.7. The summed E-state index contributed by atoms with van der Waals surface area (Å²) in [6, 6.07) is 9.09. The first kappa shape index (κ1) is 14.2. The summed E-state index contributed by atoms with van der Waals surface area (Å²) in [5.41, 5.74) is 3.97. The second kappa shape index (κ2) is 6.83. The normalized spacial score (nSPS) is 12.6. The number of hydrogen-bond acceptors (Lipinski definition) is 3. The lowest BCUT2D eigenvalue weighted by molar-refractivity contribution is 0.544. The van der Waals surface area contributed by atoms with E-state index < -0.39 is 0 Å². The number of aromatic nitrogens is 1. The van der Waals surface area contributed by atoms with Crippen molar-refractivity contribution in [3.8, 4) is 0 Å². The van der Waals surface area contributed by atoms with Gasteiger partial charge < -0.3 is 5.32 Å². The van der Waals surface area contributed by atoms with Gasteiger partial charge in [0.15, 0.2) is 0 Å². The molecule has 0 bridgehead atoms. The summed E-state index contributed by atoms with van der Waals surface area (Å²) in [7, 11) is 0. The number of aryl methyl sites for hydroxylation is 2. The largest absolute Gasteiger partial charge is 0.310 e. The maximum absolute atomic E-state index is 4.59. The Morgan fingerprint density at radius 2 is 2.05 bits per heavy atom. The van der Waals surface area contributed by atoms with Crippen molar-refractivity contribution in [2.24, 2.45) is 0 Å². The van der Waals surface area contributed by atoms with E-state index in [1.807, 2.05) is 0 Å². The van der Waals surface area contributed by atoms with Gasteiger partial charge >= 0.3 is 0 Å². The summed E-state index contributed by atoms with van der Waals surface area (Å²) in [5.74, 6) is 0. The molecule has 1 aromatic heterocycles. The lowest BCUT2D eigenvalue weighted by Crippen LogP contribution is -2.24. The molecule has 2 nitrogen and oxygen atoms in total. The minimum Gasteiger partial charge on any atom is -0.310 e. The van der Waals surface area contributed by atoms with Crippen LogP contribution in [0.25, 0.3) is 0 Å². The molecule has 0 saturated heterocycles. The molecule has 1 heterocycles. The van der Waals surface area contributed by atoms with Crippen molar-refractivity contribution in [1.29, 1.82) is 0 Å². The van der Waals surface area contributed by atoms with Gasteiger partial charge in [-0.1, -0.05) is 38.1 Å². The Kier molecular flexibility index (Phi) is 5.11. The lowest BCUT2D eigenvalue weighted by Gasteiger charge is -2.20. The van der Waals surface area contributed by atoms with E-state index in [1.165, 1.54) is 16.1 Å². The molecule has 0 spiro atoms. The third-order valence-electron chi connectivity index (χ3n) is 3.31. The third kappa shape index (κ3) is 3.64. The minimum absolute atomic E-state index is 0.367. The number of nitrogens with zero attached hydrogens (tertiary/aromatic N) is 1. The van der Waals surface area contributed by atoms with E-state index in [0.29, 0.717) is 6.04 Å². The molecule has 0 aliphatic rings. The number of thiazole rings is 1.